The monoisotopic (exact) mass is 308 g/mol. The third kappa shape index (κ3) is 2.97. The van der Waals surface area contributed by atoms with Crippen molar-refractivity contribution in [3.8, 4) is 0 Å². The van der Waals surface area contributed by atoms with Crippen molar-refractivity contribution in [3.05, 3.63) is 66.4 Å². The Kier molecular flexibility index (Phi) is 4.11. The number of benzene rings is 2. The van der Waals surface area contributed by atoms with Crippen LogP contribution in [-0.2, 0) is 0 Å². The number of anilines is 1. The van der Waals surface area contributed by atoms with Crippen molar-refractivity contribution >= 4 is 33.6 Å². The van der Waals surface area contributed by atoms with E-state index in [1.807, 2.05) is 55.5 Å². The lowest BCUT2D eigenvalue weighted by Crippen LogP contribution is -2.22. The van der Waals surface area contributed by atoms with Crippen LogP contribution in [0.2, 0.25) is 0 Å². The number of carbonyl (C=O) groups excluding carboxylic acids is 1. The van der Waals surface area contributed by atoms with Crippen LogP contribution < -0.4 is 4.90 Å². The summed E-state index contributed by atoms with van der Waals surface area (Å²) in [5.74, 6) is 0.665. The van der Waals surface area contributed by atoms with Crippen molar-refractivity contribution in [3.63, 3.8) is 0 Å². The van der Waals surface area contributed by atoms with Crippen molar-refractivity contribution < 1.29 is 4.79 Å². The van der Waals surface area contributed by atoms with E-state index in [2.05, 4.69) is 17.1 Å². The highest BCUT2D eigenvalue weighted by atomic mass is 32.2. The van der Waals surface area contributed by atoms with E-state index in [1.54, 1.807) is 11.9 Å². The Balaban J connectivity index is 1.87. The first-order valence-corrected chi connectivity index (χ1v) is 7.84. The standard InChI is InChI=1S/C18H16N2OS/c1-13-7-5-12-17(19-13)20(2)18(21)22-16-11-6-9-14-8-3-4-10-15(14)16/h3-12H,1-2H3. The zero-order chi connectivity index (χ0) is 15.5. The van der Waals surface area contributed by atoms with E-state index in [9.17, 15) is 4.79 Å². The number of hydrogen-bond acceptors (Lipinski definition) is 3. The lowest BCUT2D eigenvalue weighted by atomic mass is 10.1. The second-order valence-electron chi connectivity index (χ2n) is 5.04. The molecule has 0 N–H and O–H groups in total. The van der Waals surface area contributed by atoms with Crippen molar-refractivity contribution in [1.82, 2.24) is 4.98 Å². The summed E-state index contributed by atoms with van der Waals surface area (Å²) >= 11 is 1.23. The Morgan fingerprint density at radius 1 is 1.00 bits per heavy atom. The minimum Gasteiger partial charge on any atom is -0.290 e. The lowest BCUT2D eigenvalue weighted by Gasteiger charge is -2.16. The summed E-state index contributed by atoms with van der Waals surface area (Å²) in [6, 6.07) is 19.7. The second-order valence-corrected chi connectivity index (χ2v) is 6.03. The van der Waals surface area contributed by atoms with Gasteiger partial charge in [0.05, 0.1) is 0 Å². The average molecular weight is 308 g/mol. The summed E-state index contributed by atoms with van der Waals surface area (Å²) in [4.78, 5) is 19.5. The Labute approximate surface area is 134 Å². The van der Waals surface area contributed by atoms with Gasteiger partial charge in [0.2, 0.25) is 0 Å². The molecule has 3 nitrogen and oxygen atoms in total. The third-order valence-corrected chi connectivity index (χ3v) is 4.46. The second kappa shape index (κ2) is 6.20. The zero-order valence-corrected chi connectivity index (χ0v) is 13.3. The molecule has 0 saturated heterocycles. The molecule has 0 atom stereocenters. The van der Waals surface area contributed by atoms with Gasteiger partial charge in [-0.2, -0.15) is 0 Å². The number of thioether (sulfide) groups is 1. The van der Waals surface area contributed by atoms with E-state index >= 15 is 0 Å². The number of aryl methyl sites for hydroxylation is 1. The summed E-state index contributed by atoms with van der Waals surface area (Å²) in [5, 5.41) is 2.18. The van der Waals surface area contributed by atoms with Crippen LogP contribution in [0.1, 0.15) is 5.69 Å². The van der Waals surface area contributed by atoms with Gasteiger partial charge in [-0.25, -0.2) is 4.98 Å². The number of nitrogens with zero attached hydrogens (tertiary/aromatic N) is 2. The summed E-state index contributed by atoms with van der Waals surface area (Å²) in [6.45, 7) is 1.92. The molecular weight excluding hydrogens is 292 g/mol. The molecule has 2 aromatic carbocycles. The maximum atomic E-state index is 12.5. The maximum Gasteiger partial charge on any atom is 0.291 e. The van der Waals surface area contributed by atoms with E-state index in [4.69, 9.17) is 0 Å². The molecule has 0 aliphatic rings. The van der Waals surface area contributed by atoms with Crippen LogP contribution in [0.5, 0.6) is 0 Å². The van der Waals surface area contributed by atoms with Gasteiger partial charge in [-0.3, -0.25) is 9.69 Å². The van der Waals surface area contributed by atoms with Gasteiger partial charge in [0, 0.05) is 17.6 Å². The zero-order valence-electron chi connectivity index (χ0n) is 12.5. The minimum absolute atomic E-state index is 0.0468. The van der Waals surface area contributed by atoms with Gasteiger partial charge >= 0.3 is 0 Å². The van der Waals surface area contributed by atoms with E-state index in [-0.39, 0.29) is 5.24 Å². The highest BCUT2D eigenvalue weighted by molar-refractivity contribution is 8.14. The van der Waals surface area contributed by atoms with E-state index < -0.39 is 0 Å². The smallest absolute Gasteiger partial charge is 0.290 e. The molecule has 1 aromatic heterocycles. The first-order valence-electron chi connectivity index (χ1n) is 7.02. The molecule has 4 heteroatoms. The average Bonchev–Trinajstić information content (AvgIpc) is 2.54. The molecule has 0 aliphatic heterocycles. The van der Waals surface area contributed by atoms with Crippen LogP contribution in [0.3, 0.4) is 0 Å². The van der Waals surface area contributed by atoms with Gasteiger partial charge in [0.25, 0.3) is 5.24 Å². The predicted octanol–water partition coefficient (Wildman–Crippen LogP) is 4.89. The normalized spacial score (nSPS) is 10.6. The van der Waals surface area contributed by atoms with E-state index in [0.717, 1.165) is 21.4 Å². The van der Waals surface area contributed by atoms with Crippen molar-refractivity contribution in [2.75, 3.05) is 11.9 Å². The summed E-state index contributed by atoms with van der Waals surface area (Å²) in [5.41, 5.74) is 0.896. The van der Waals surface area contributed by atoms with Crippen LogP contribution in [0, 0.1) is 6.92 Å². The molecule has 0 unspecified atom stereocenters. The molecule has 3 rings (SSSR count). The van der Waals surface area contributed by atoms with Gasteiger partial charge in [0.1, 0.15) is 5.82 Å². The number of rotatable bonds is 2. The fourth-order valence-electron chi connectivity index (χ4n) is 2.26. The highest BCUT2D eigenvalue weighted by Crippen LogP contribution is 2.30. The number of amides is 1. The Hall–Kier alpha value is -2.33. The third-order valence-electron chi connectivity index (χ3n) is 3.44. The fraction of sp³-hybridized carbons (Fsp3) is 0.111. The predicted molar refractivity (Wildman–Crippen MR) is 92.6 cm³/mol. The molecule has 1 amide bonds. The van der Waals surface area contributed by atoms with Gasteiger partial charge in [-0.05, 0) is 47.7 Å². The van der Waals surface area contributed by atoms with E-state index in [1.165, 1.54) is 11.8 Å². The largest absolute Gasteiger partial charge is 0.291 e. The fourth-order valence-corrected chi connectivity index (χ4v) is 3.12. The summed E-state index contributed by atoms with van der Waals surface area (Å²) < 4.78 is 0. The molecule has 0 saturated carbocycles. The molecule has 0 aliphatic carbocycles. The van der Waals surface area contributed by atoms with E-state index in [0.29, 0.717) is 5.82 Å². The van der Waals surface area contributed by atoms with Crippen LogP contribution in [0.15, 0.2) is 65.6 Å². The first-order chi connectivity index (χ1) is 10.6. The number of hydrogen-bond donors (Lipinski definition) is 0. The van der Waals surface area contributed by atoms with Gasteiger partial charge in [-0.1, -0.05) is 42.5 Å². The number of aromatic nitrogens is 1. The lowest BCUT2D eigenvalue weighted by molar-refractivity contribution is 0.266. The van der Waals surface area contributed by atoms with Gasteiger partial charge < -0.3 is 0 Å². The molecule has 22 heavy (non-hydrogen) atoms. The van der Waals surface area contributed by atoms with Crippen LogP contribution in [0.25, 0.3) is 10.8 Å². The topological polar surface area (TPSA) is 33.2 Å². The summed E-state index contributed by atoms with van der Waals surface area (Å²) in [6.07, 6.45) is 0. The van der Waals surface area contributed by atoms with Gasteiger partial charge in [0.15, 0.2) is 0 Å². The van der Waals surface area contributed by atoms with Crippen LogP contribution in [-0.4, -0.2) is 17.3 Å². The van der Waals surface area contributed by atoms with Crippen molar-refractivity contribution in [1.29, 1.82) is 0 Å². The maximum absolute atomic E-state index is 12.5. The molecule has 0 bridgehead atoms. The van der Waals surface area contributed by atoms with Crippen LogP contribution >= 0.6 is 11.8 Å². The molecule has 1 heterocycles. The summed E-state index contributed by atoms with van der Waals surface area (Å²) in [7, 11) is 1.75. The Morgan fingerprint density at radius 2 is 1.73 bits per heavy atom. The Morgan fingerprint density at radius 3 is 2.55 bits per heavy atom. The molecular formula is C18H16N2OS. The molecule has 110 valence electrons. The Bertz CT molecular complexity index is 827. The molecule has 0 fully saturated rings. The number of pyridine rings is 1. The number of carbonyl (C=O) groups is 1. The SMILES string of the molecule is Cc1cccc(N(C)C(=O)Sc2cccc3ccccc23)n1. The first kappa shape index (κ1) is 14.6. The van der Waals surface area contributed by atoms with Crippen molar-refractivity contribution in [2.45, 2.75) is 11.8 Å². The quantitative estimate of drug-likeness (QED) is 0.632. The highest BCUT2D eigenvalue weighted by Gasteiger charge is 2.15. The van der Waals surface area contributed by atoms with Gasteiger partial charge in [-0.15, -0.1) is 0 Å². The molecule has 3 aromatic rings. The molecule has 0 radical (unpaired) electrons. The minimum atomic E-state index is -0.0468. The van der Waals surface area contributed by atoms with Crippen molar-refractivity contribution in [2.24, 2.45) is 0 Å². The molecule has 0 spiro atoms. The number of fused-ring (bicyclic) bond motifs is 1. The van der Waals surface area contributed by atoms with Crippen LogP contribution in [0.4, 0.5) is 10.6 Å².